The molecule has 0 unspecified atom stereocenters. The minimum Gasteiger partial charge on any atom is -0.322 e. The normalized spacial score (nSPS) is 15.3. The highest BCUT2D eigenvalue weighted by atomic mass is 35.5. The highest BCUT2D eigenvalue weighted by Crippen LogP contribution is 2.27. The van der Waals surface area contributed by atoms with Gasteiger partial charge >= 0.3 is 0 Å². The third-order valence-corrected chi connectivity index (χ3v) is 6.74. The van der Waals surface area contributed by atoms with Gasteiger partial charge in [0.1, 0.15) is 0 Å². The van der Waals surface area contributed by atoms with E-state index >= 15 is 0 Å². The lowest BCUT2D eigenvalue weighted by Gasteiger charge is -2.15. The molecular weight excluding hydrogens is 383 g/mol. The van der Waals surface area contributed by atoms with Crippen LogP contribution in [-0.4, -0.2) is 31.7 Å². The Labute approximate surface area is 156 Å². The molecule has 1 N–H and O–H groups in total. The van der Waals surface area contributed by atoms with E-state index in [1.54, 1.807) is 30.3 Å². The maximum atomic E-state index is 12.5. The van der Waals surface area contributed by atoms with E-state index < -0.39 is 15.9 Å². The molecule has 0 saturated carbocycles. The summed E-state index contributed by atoms with van der Waals surface area (Å²) in [7, 11) is -3.47. The Kier molecular flexibility index (Phi) is 5.34. The number of halogens is 2. The Balaban J connectivity index is 1.77. The lowest BCUT2D eigenvalue weighted by atomic mass is 10.2. The fourth-order valence-electron chi connectivity index (χ4n) is 2.67. The molecule has 8 heteroatoms. The van der Waals surface area contributed by atoms with Crippen LogP contribution in [0.1, 0.15) is 23.2 Å². The van der Waals surface area contributed by atoms with Crippen LogP contribution in [0.3, 0.4) is 0 Å². The molecule has 0 radical (unpaired) electrons. The van der Waals surface area contributed by atoms with E-state index in [0.29, 0.717) is 23.8 Å². The minimum absolute atomic E-state index is 0.176. The molecule has 0 spiro atoms. The molecule has 132 valence electrons. The maximum absolute atomic E-state index is 12.5. The molecular formula is C17H16Cl2N2O3S. The molecule has 1 aliphatic rings. The van der Waals surface area contributed by atoms with E-state index in [2.05, 4.69) is 5.32 Å². The van der Waals surface area contributed by atoms with Crippen LogP contribution in [0.4, 0.5) is 5.69 Å². The van der Waals surface area contributed by atoms with Crippen LogP contribution in [0.25, 0.3) is 0 Å². The SMILES string of the molecule is O=C(Nc1ccc(S(=O)(=O)N2CCCC2)cc1)c1cccc(Cl)c1Cl. The van der Waals surface area contributed by atoms with Gasteiger partial charge in [-0.1, -0.05) is 29.3 Å². The fraction of sp³-hybridized carbons (Fsp3) is 0.235. The van der Waals surface area contributed by atoms with E-state index in [1.165, 1.54) is 16.4 Å². The molecule has 1 amide bonds. The van der Waals surface area contributed by atoms with E-state index in [4.69, 9.17) is 23.2 Å². The predicted molar refractivity (Wildman–Crippen MR) is 98.9 cm³/mol. The molecule has 25 heavy (non-hydrogen) atoms. The molecule has 0 atom stereocenters. The minimum atomic E-state index is -3.47. The molecule has 0 aromatic heterocycles. The number of carbonyl (C=O) groups is 1. The first-order chi connectivity index (χ1) is 11.9. The summed E-state index contributed by atoms with van der Waals surface area (Å²) >= 11 is 11.9. The van der Waals surface area contributed by atoms with Crippen molar-refractivity contribution in [3.63, 3.8) is 0 Å². The fourth-order valence-corrected chi connectivity index (χ4v) is 4.57. The van der Waals surface area contributed by atoms with Crippen LogP contribution >= 0.6 is 23.2 Å². The average Bonchev–Trinajstić information content (AvgIpc) is 3.13. The van der Waals surface area contributed by atoms with E-state index in [1.807, 2.05) is 0 Å². The Hall–Kier alpha value is -1.60. The third-order valence-electron chi connectivity index (χ3n) is 4.01. The first kappa shape index (κ1) is 18.2. The van der Waals surface area contributed by atoms with Crippen LogP contribution < -0.4 is 5.32 Å². The summed E-state index contributed by atoms with van der Waals surface area (Å²) in [6.07, 6.45) is 1.77. The van der Waals surface area contributed by atoms with Gasteiger partial charge in [-0.05, 0) is 49.2 Å². The molecule has 5 nitrogen and oxygen atoms in total. The topological polar surface area (TPSA) is 66.5 Å². The van der Waals surface area contributed by atoms with Crippen molar-refractivity contribution in [2.75, 3.05) is 18.4 Å². The van der Waals surface area contributed by atoms with Crippen LogP contribution in [0.2, 0.25) is 10.0 Å². The number of amides is 1. The first-order valence-corrected chi connectivity index (χ1v) is 9.95. The van der Waals surface area contributed by atoms with Crippen molar-refractivity contribution in [3.05, 3.63) is 58.1 Å². The number of hydrogen-bond acceptors (Lipinski definition) is 3. The monoisotopic (exact) mass is 398 g/mol. The number of sulfonamides is 1. The second kappa shape index (κ2) is 7.33. The van der Waals surface area contributed by atoms with Gasteiger partial charge in [0.15, 0.2) is 0 Å². The Morgan fingerprint density at radius 3 is 2.28 bits per heavy atom. The van der Waals surface area contributed by atoms with Crippen molar-refractivity contribution in [3.8, 4) is 0 Å². The predicted octanol–water partition coefficient (Wildman–Crippen LogP) is 4.03. The zero-order valence-electron chi connectivity index (χ0n) is 13.2. The molecule has 1 heterocycles. The molecule has 1 saturated heterocycles. The van der Waals surface area contributed by atoms with Crippen LogP contribution in [0.15, 0.2) is 47.4 Å². The molecule has 0 bridgehead atoms. The summed E-state index contributed by atoms with van der Waals surface area (Å²) in [6.45, 7) is 1.10. The standard InChI is InChI=1S/C17H16Cl2N2O3S/c18-15-5-3-4-14(16(15)19)17(22)20-12-6-8-13(9-7-12)25(23,24)21-10-1-2-11-21/h3-9H,1-2,10-11H2,(H,20,22). The zero-order valence-corrected chi connectivity index (χ0v) is 15.5. The Bertz CT molecular complexity index is 893. The number of anilines is 1. The highest BCUT2D eigenvalue weighted by molar-refractivity contribution is 7.89. The Morgan fingerprint density at radius 2 is 1.64 bits per heavy atom. The zero-order chi connectivity index (χ0) is 18.0. The second-order valence-corrected chi connectivity index (χ2v) is 8.41. The van der Waals surface area contributed by atoms with Gasteiger partial charge in [-0.2, -0.15) is 4.31 Å². The van der Waals surface area contributed by atoms with Crippen molar-refractivity contribution < 1.29 is 13.2 Å². The van der Waals surface area contributed by atoms with Gasteiger partial charge in [-0.15, -0.1) is 0 Å². The van der Waals surface area contributed by atoms with Crippen LogP contribution in [0.5, 0.6) is 0 Å². The molecule has 2 aromatic carbocycles. The average molecular weight is 399 g/mol. The maximum Gasteiger partial charge on any atom is 0.257 e. The van der Waals surface area contributed by atoms with E-state index in [-0.39, 0.29) is 15.5 Å². The summed E-state index contributed by atoms with van der Waals surface area (Å²) < 4.78 is 26.4. The van der Waals surface area contributed by atoms with Crippen LogP contribution in [-0.2, 0) is 10.0 Å². The van der Waals surface area contributed by atoms with Gasteiger partial charge in [-0.25, -0.2) is 8.42 Å². The largest absolute Gasteiger partial charge is 0.322 e. The lowest BCUT2D eigenvalue weighted by Crippen LogP contribution is -2.27. The van der Waals surface area contributed by atoms with Gasteiger partial charge in [0.2, 0.25) is 10.0 Å². The number of hydrogen-bond donors (Lipinski definition) is 1. The quantitative estimate of drug-likeness (QED) is 0.844. The van der Waals surface area contributed by atoms with Crippen molar-refractivity contribution in [2.45, 2.75) is 17.7 Å². The lowest BCUT2D eigenvalue weighted by molar-refractivity contribution is 0.102. The molecule has 1 aliphatic heterocycles. The number of nitrogens with one attached hydrogen (secondary N) is 1. The van der Waals surface area contributed by atoms with Crippen molar-refractivity contribution in [1.29, 1.82) is 0 Å². The van der Waals surface area contributed by atoms with Crippen molar-refractivity contribution in [1.82, 2.24) is 4.31 Å². The summed E-state index contributed by atoms with van der Waals surface area (Å²) in [5.74, 6) is -0.414. The number of benzene rings is 2. The smallest absolute Gasteiger partial charge is 0.257 e. The van der Waals surface area contributed by atoms with Gasteiger partial charge in [0.05, 0.1) is 20.5 Å². The first-order valence-electron chi connectivity index (χ1n) is 7.75. The van der Waals surface area contributed by atoms with Gasteiger partial charge in [0, 0.05) is 18.8 Å². The molecule has 1 fully saturated rings. The molecule has 3 rings (SSSR count). The van der Waals surface area contributed by atoms with Gasteiger partial charge < -0.3 is 5.32 Å². The van der Waals surface area contributed by atoms with Crippen LogP contribution in [0, 0.1) is 0 Å². The second-order valence-electron chi connectivity index (χ2n) is 5.69. The van der Waals surface area contributed by atoms with Crippen molar-refractivity contribution >= 4 is 44.8 Å². The van der Waals surface area contributed by atoms with Crippen molar-refractivity contribution in [2.24, 2.45) is 0 Å². The highest BCUT2D eigenvalue weighted by Gasteiger charge is 2.27. The number of rotatable bonds is 4. The third kappa shape index (κ3) is 3.82. The molecule has 0 aliphatic carbocycles. The van der Waals surface area contributed by atoms with E-state index in [9.17, 15) is 13.2 Å². The number of nitrogens with zero attached hydrogens (tertiary/aromatic N) is 1. The summed E-state index contributed by atoms with van der Waals surface area (Å²) in [6, 6.07) is 10.9. The number of carbonyl (C=O) groups excluding carboxylic acids is 1. The summed E-state index contributed by atoms with van der Waals surface area (Å²) in [5, 5.41) is 3.15. The van der Waals surface area contributed by atoms with E-state index in [0.717, 1.165) is 12.8 Å². The Morgan fingerprint density at radius 1 is 1.00 bits per heavy atom. The van der Waals surface area contributed by atoms with Gasteiger partial charge in [-0.3, -0.25) is 4.79 Å². The molecule has 2 aromatic rings. The summed E-state index contributed by atoms with van der Waals surface area (Å²) in [5.41, 5.74) is 0.726. The van der Waals surface area contributed by atoms with Gasteiger partial charge in [0.25, 0.3) is 5.91 Å². The summed E-state index contributed by atoms with van der Waals surface area (Å²) in [4.78, 5) is 12.5.